The minimum atomic E-state index is 0.0955. The van der Waals surface area contributed by atoms with Crippen LogP contribution in [0.15, 0.2) is 66.9 Å². The molecule has 0 spiro atoms. The van der Waals surface area contributed by atoms with Crippen LogP contribution in [0.5, 0.6) is 0 Å². The Hall–Kier alpha value is -2.74. The lowest BCUT2D eigenvalue weighted by atomic mass is 9.90. The van der Waals surface area contributed by atoms with E-state index in [0.29, 0.717) is 18.0 Å². The summed E-state index contributed by atoms with van der Waals surface area (Å²) in [5, 5.41) is 0. The molecular weight excluding hydrogens is 294 g/mol. The molecular formula is C22H19NO. The summed E-state index contributed by atoms with van der Waals surface area (Å²) in [5.74, 6) is 0.449. The maximum absolute atomic E-state index is 11.7. The standard InChI is InChI=1S/C22H19NO/c1-2-22(24)21-12-11-15(14-23-21)13-20-18-9-5-3-7-16(18)17-8-4-6-10-19(17)20/h3-12,14,20H,2,13H2,1H3. The van der Waals surface area contributed by atoms with Gasteiger partial charge in [0.25, 0.3) is 0 Å². The van der Waals surface area contributed by atoms with Crippen LogP contribution in [0.2, 0.25) is 0 Å². The average Bonchev–Trinajstić information content (AvgIpc) is 2.96. The first-order valence-corrected chi connectivity index (χ1v) is 8.44. The fourth-order valence-corrected chi connectivity index (χ4v) is 3.61. The number of nitrogens with zero attached hydrogens (tertiary/aromatic N) is 1. The van der Waals surface area contributed by atoms with E-state index >= 15 is 0 Å². The number of carbonyl (C=O) groups is 1. The Kier molecular flexibility index (Phi) is 3.73. The molecule has 3 aromatic rings. The van der Waals surface area contributed by atoms with Crippen LogP contribution in [0.4, 0.5) is 0 Å². The summed E-state index contributed by atoms with van der Waals surface area (Å²) < 4.78 is 0. The Labute approximate surface area is 142 Å². The Balaban J connectivity index is 1.68. The molecule has 1 aliphatic rings. The van der Waals surface area contributed by atoms with Crippen molar-refractivity contribution in [2.75, 3.05) is 0 Å². The number of Topliss-reactive ketones (excluding diaryl/α,β-unsaturated/α-hetero) is 1. The number of fused-ring (bicyclic) bond motifs is 3. The molecule has 0 bridgehead atoms. The van der Waals surface area contributed by atoms with Gasteiger partial charge in [0.15, 0.2) is 5.78 Å². The van der Waals surface area contributed by atoms with Crippen molar-refractivity contribution in [3.05, 3.63) is 89.2 Å². The van der Waals surface area contributed by atoms with Gasteiger partial charge in [0.1, 0.15) is 5.69 Å². The third-order valence-electron chi connectivity index (χ3n) is 4.83. The van der Waals surface area contributed by atoms with Gasteiger partial charge in [-0.3, -0.25) is 9.78 Å². The molecule has 0 saturated carbocycles. The van der Waals surface area contributed by atoms with Gasteiger partial charge in [-0.15, -0.1) is 0 Å². The second-order valence-corrected chi connectivity index (χ2v) is 6.26. The Morgan fingerprint density at radius 2 is 1.54 bits per heavy atom. The van der Waals surface area contributed by atoms with E-state index in [1.807, 2.05) is 25.3 Å². The van der Waals surface area contributed by atoms with Gasteiger partial charge in [-0.05, 0) is 40.3 Å². The van der Waals surface area contributed by atoms with Gasteiger partial charge in [0.2, 0.25) is 0 Å². The predicted molar refractivity (Wildman–Crippen MR) is 96.3 cm³/mol. The molecule has 24 heavy (non-hydrogen) atoms. The lowest BCUT2D eigenvalue weighted by Crippen LogP contribution is -2.04. The molecule has 4 rings (SSSR count). The zero-order chi connectivity index (χ0) is 16.5. The smallest absolute Gasteiger partial charge is 0.180 e. The quantitative estimate of drug-likeness (QED) is 0.632. The van der Waals surface area contributed by atoms with Crippen LogP contribution in [0.3, 0.4) is 0 Å². The van der Waals surface area contributed by atoms with E-state index in [2.05, 4.69) is 53.5 Å². The fourth-order valence-electron chi connectivity index (χ4n) is 3.61. The van der Waals surface area contributed by atoms with Crippen LogP contribution >= 0.6 is 0 Å². The second-order valence-electron chi connectivity index (χ2n) is 6.26. The third-order valence-corrected chi connectivity index (χ3v) is 4.83. The molecule has 0 N–H and O–H groups in total. The molecule has 1 aromatic heterocycles. The van der Waals surface area contributed by atoms with Crippen LogP contribution in [0, 0.1) is 0 Å². The Morgan fingerprint density at radius 1 is 0.917 bits per heavy atom. The highest BCUT2D eigenvalue weighted by molar-refractivity contribution is 5.93. The Bertz CT molecular complexity index is 850. The lowest BCUT2D eigenvalue weighted by Gasteiger charge is -2.13. The van der Waals surface area contributed by atoms with Crippen LogP contribution in [0.25, 0.3) is 11.1 Å². The van der Waals surface area contributed by atoms with E-state index < -0.39 is 0 Å². The van der Waals surface area contributed by atoms with E-state index in [9.17, 15) is 4.79 Å². The first-order chi connectivity index (χ1) is 11.8. The first-order valence-electron chi connectivity index (χ1n) is 8.44. The number of hydrogen-bond acceptors (Lipinski definition) is 2. The third kappa shape index (κ3) is 2.44. The summed E-state index contributed by atoms with van der Waals surface area (Å²) in [6.45, 7) is 1.87. The summed E-state index contributed by atoms with van der Waals surface area (Å²) in [5.41, 5.74) is 7.17. The van der Waals surface area contributed by atoms with Gasteiger partial charge >= 0.3 is 0 Å². The average molecular weight is 313 g/mol. The highest BCUT2D eigenvalue weighted by Gasteiger charge is 2.27. The normalized spacial score (nSPS) is 12.7. The number of pyridine rings is 1. The van der Waals surface area contributed by atoms with E-state index in [4.69, 9.17) is 0 Å². The molecule has 0 saturated heterocycles. The highest BCUT2D eigenvalue weighted by Crippen LogP contribution is 2.45. The van der Waals surface area contributed by atoms with E-state index in [0.717, 1.165) is 6.42 Å². The summed E-state index contributed by atoms with van der Waals surface area (Å²) in [6.07, 6.45) is 3.25. The topological polar surface area (TPSA) is 30.0 Å². The van der Waals surface area contributed by atoms with Gasteiger partial charge in [-0.2, -0.15) is 0 Å². The number of aromatic nitrogens is 1. The van der Waals surface area contributed by atoms with E-state index in [1.54, 1.807) is 0 Å². The van der Waals surface area contributed by atoms with Gasteiger partial charge in [-0.1, -0.05) is 61.5 Å². The monoisotopic (exact) mass is 313 g/mol. The molecule has 0 unspecified atom stereocenters. The Morgan fingerprint density at radius 3 is 2.08 bits per heavy atom. The van der Waals surface area contributed by atoms with E-state index in [1.165, 1.54) is 27.8 Å². The summed E-state index contributed by atoms with van der Waals surface area (Å²) in [4.78, 5) is 16.1. The zero-order valence-electron chi connectivity index (χ0n) is 13.7. The highest BCUT2D eigenvalue weighted by atomic mass is 16.1. The molecule has 0 atom stereocenters. The van der Waals surface area contributed by atoms with Crippen molar-refractivity contribution in [3.63, 3.8) is 0 Å². The second kappa shape index (κ2) is 6.04. The number of carbonyl (C=O) groups excluding carboxylic acids is 1. The van der Waals surface area contributed by atoms with Gasteiger partial charge in [0, 0.05) is 18.5 Å². The molecule has 118 valence electrons. The van der Waals surface area contributed by atoms with Crippen molar-refractivity contribution in [1.82, 2.24) is 4.98 Å². The van der Waals surface area contributed by atoms with Crippen LogP contribution in [0.1, 0.15) is 46.4 Å². The van der Waals surface area contributed by atoms with Crippen LogP contribution in [-0.4, -0.2) is 10.8 Å². The maximum atomic E-state index is 11.7. The molecule has 0 amide bonds. The minimum Gasteiger partial charge on any atom is -0.292 e. The van der Waals surface area contributed by atoms with Crippen molar-refractivity contribution in [2.24, 2.45) is 0 Å². The molecule has 0 radical (unpaired) electrons. The number of hydrogen-bond donors (Lipinski definition) is 0. The summed E-state index contributed by atoms with van der Waals surface area (Å²) in [6, 6.07) is 21.2. The maximum Gasteiger partial charge on any atom is 0.180 e. The number of benzene rings is 2. The van der Waals surface area contributed by atoms with Crippen LogP contribution in [-0.2, 0) is 6.42 Å². The van der Waals surface area contributed by atoms with Gasteiger partial charge < -0.3 is 0 Å². The predicted octanol–water partition coefficient (Wildman–Crippen LogP) is 5.03. The van der Waals surface area contributed by atoms with Crippen LogP contribution < -0.4 is 0 Å². The molecule has 1 heterocycles. The van der Waals surface area contributed by atoms with Crippen molar-refractivity contribution >= 4 is 5.78 Å². The molecule has 2 nitrogen and oxygen atoms in total. The first kappa shape index (κ1) is 14.8. The van der Waals surface area contributed by atoms with Gasteiger partial charge in [-0.25, -0.2) is 0 Å². The lowest BCUT2D eigenvalue weighted by molar-refractivity contribution is 0.0983. The SMILES string of the molecule is CCC(=O)c1ccc(CC2c3ccccc3-c3ccccc32)cn1. The molecule has 2 heteroatoms. The summed E-state index contributed by atoms with van der Waals surface area (Å²) in [7, 11) is 0. The minimum absolute atomic E-state index is 0.0955. The fraction of sp³-hybridized carbons (Fsp3) is 0.182. The van der Waals surface area contributed by atoms with Crippen molar-refractivity contribution in [1.29, 1.82) is 0 Å². The largest absolute Gasteiger partial charge is 0.292 e. The zero-order valence-corrected chi connectivity index (χ0v) is 13.7. The summed E-state index contributed by atoms with van der Waals surface area (Å²) >= 11 is 0. The molecule has 1 aliphatic carbocycles. The molecule has 0 fully saturated rings. The van der Waals surface area contributed by atoms with Crippen molar-refractivity contribution < 1.29 is 4.79 Å². The number of ketones is 1. The van der Waals surface area contributed by atoms with Crippen molar-refractivity contribution in [2.45, 2.75) is 25.7 Å². The van der Waals surface area contributed by atoms with Crippen molar-refractivity contribution in [3.8, 4) is 11.1 Å². The number of rotatable bonds is 4. The van der Waals surface area contributed by atoms with Gasteiger partial charge in [0.05, 0.1) is 0 Å². The molecule has 2 aromatic carbocycles. The van der Waals surface area contributed by atoms with E-state index in [-0.39, 0.29) is 5.78 Å². The molecule has 0 aliphatic heterocycles.